The highest BCUT2D eigenvalue weighted by atomic mass is 32.1. The normalized spacial score (nSPS) is 10.0. The Kier molecular flexibility index (Phi) is 24.3. The van der Waals surface area contributed by atoms with Gasteiger partial charge in [0.1, 0.15) is 27.9 Å². The zero-order valence-electron chi connectivity index (χ0n) is 47.3. The number of hydrogen-bond donors (Lipinski definition) is 0. The number of thiophene rings is 2. The van der Waals surface area contributed by atoms with Crippen LogP contribution in [0.3, 0.4) is 0 Å². The summed E-state index contributed by atoms with van der Waals surface area (Å²) in [6, 6.07) is 60.1. The minimum Gasteiger partial charge on any atom is -0.449 e. The van der Waals surface area contributed by atoms with E-state index in [0.717, 1.165) is 49.1 Å². The van der Waals surface area contributed by atoms with Crippen LogP contribution in [0.1, 0.15) is 47.8 Å². The van der Waals surface area contributed by atoms with Gasteiger partial charge < -0.3 is 17.8 Å². The summed E-state index contributed by atoms with van der Waals surface area (Å²) in [5.74, 6) is 1.44. The fourth-order valence-corrected chi connectivity index (χ4v) is 10.7. The van der Waals surface area contributed by atoms with E-state index in [1.807, 2.05) is 116 Å². The second kappa shape index (κ2) is 32.7. The molecule has 5 aromatic carbocycles. The van der Waals surface area contributed by atoms with Gasteiger partial charge in [0.2, 0.25) is 0 Å². The number of thiazole rings is 2. The van der Waals surface area contributed by atoms with Crippen LogP contribution in [-0.4, -0.2) is 44.1 Å². The first kappa shape index (κ1) is 61.1. The molecule has 0 N–H and O–H groups in total. The van der Waals surface area contributed by atoms with Gasteiger partial charge in [0.15, 0.2) is 17.4 Å². The first-order valence-electron chi connectivity index (χ1n) is 26.1. The van der Waals surface area contributed by atoms with Crippen LogP contribution < -0.4 is 0 Å². The molecule has 0 amide bonds. The first-order valence-corrected chi connectivity index (χ1v) is 30.4. The van der Waals surface area contributed by atoms with E-state index in [-0.39, 0.29) is 0 Å². The van der Waals surface area contributed by atoms with Gasteiger partial charge in [-0.25, -0.2) is 19.9 Å². The van der Waals surface area contributed by atoms with E-state index in [4.69, 9.17) is 8.83 Å². The number of oxazole rings is 2. The number of fused-ring (bicyclic) bond motifs is 4. The maximum Gasteiger partial charge on any atom is 0.192 e. The number of nitrogens with zero attached hydrogens (tertiary/aromatic N) is 9. The summed E-state index contributed by atoms with van der Waals surface area (Å²) in [6.07, 6.45) is 10.8. The lowest BCUT2D eigenvalue weighted by atomic mass is 10.1. The molecular weight excluding hydrogens is 1110 g/mol. The van der Waals surface area contributed by atoms with Gasteiger partial charge in [0.05, 0.1) is 32.1 Å². The molecule has 0 saturated heterocycles. The molecule has 10 heterocycles. The van der Waals surface area contributed by atoms with Crippen molar-refractivity contribution >= 4 is 93.7 Å². The minimum atomic E-state index is 0.718. The van der Waals surface area contributed by atoms with Crippen molar-refractivity contribution in [2.24, 2.45) is 0 Å². The van der Waals surface area contributed by atoms with E-state index in [9.17, 15) is 0 Å². The largest absolute Gasteiger partial charge is 0.449 e. The van der Waals surface area contributed by atoms with Crippen LogP contribution in [-0.2, 0) is 0 Å². The molecule has 0 bridgehead atoms. The maximum atomic E-state index is 5.26. The SMILES string of the molecule is Cc1cc2ccccc2s1.Cc1cc2ncccn2c1.Cc1ccc(-c2ccccc2)n1-c1ccccc1.Cc1cccs1.Cc1nc2ccccc2o1.Cc1nc2ccccc2s1.Cc1ncco1.Cc1nccs1.Cc1nncs1. The number of para-hydroxylation sites is 4. The lowest BCUT2D eigenvalue weighted by Crippen LogP contribution is -1.98. The molecule has 0 aliphatic rings. The summed E-state index contributed by atoms with van der Waals surface area (Å²) in [6.45, 7) is 18.1. The number of aryl methyl sites for hydroxylation is 9. The molecule has 10 aromatic heterocycles. The van der Waals surface area contributed by atoms with Crippen molar-refractivity contribution in [3.05, 3.63) is 277 Å². The van der Waals surface area contributed by atoms with E-state index in [1.54, 1.807) is 82.6 Å². The fourth-order valence-electron chi connectivity index (χ4n) is 7.64. The second-order valence-electron chi connectivity index (χ2n) is 17.9. The molecule has 0 aliphatic heterocycles. The standard InChI is InChI=1S/C17H15N.C9H8S.C8H8N2.C8H7NO.C8H7NS.C5H6S.C4H5NO.C4H5NS.C3H4N2S/c1-14-12-13-17(15-8-4-2-5-9-15)18(14)16-10-6-3-7-11-16;1-7-6-8-4-2-3-5-9(8)10-7;1-7-5-8-9-3-2-4-10(8)6-7;2*1-6-9-7-4-2-3-5-8(7)10-6;1-5-3-2-4-6-5;2*1-4-5-2-3-6-4;1-3-5-4-2-6-3/h2-13H,1H3;2*2-6H,1H3;2*2-5H,1H3;2-4H,1H3;2*2-3H,1H3;2H,1H3. The molecule has 0 saturated carbocycles. The van der Waals surface area contributed by atoms with Gasteiger partial charge in [-0.1, -0.05) is 97.1 Å². The molecule has 15 rings (SSSR count). The maximum absolute atomic E-state index is 5.26. The van der Waals surface area contributed by atoms with E-state index in [2.05, 4.69) is 194 Å². The van der Waals surface area contributed by atoms with Gasteiger partial charge in [-0.2, -0.15) is 0 Å². The lowest BCUT2D eigenvalue weighted by molar-refractivity contribution is 0.521. The third-order valence-electron chi connectivity index (χ3n) is 11.3. The van der Waals surface area contributed by atoms with Crippen LogP contribution in [0, 0.1) is 62.3 Å². The Morgan fingerprint density at radius 1 is 0.488 bits per heavy atom. The predicted molar refractivity (Wildman–Crippen MR) is 347 cm³/mol. The van der Waals surface area contributed by atoms with E-state index < -0.39 is 0 Å². The molecule has 15 aromatic rings. The Bertz CT molecular complexity index is 3560. The van der Waals surface area contributed by atoms with Gasteiger partial charge >= 0.3 is 0 Å². The predicted octanol–water partition coefficient (Wildman–Crippen LogP) is 19.4. The van der Waals surface area contributed by atoms with Crippen molar-refractivity contribution in [2.45, 2.75) is 62.3 Å². The third-order valence-corrected chi connectivity index (χ3v) is 15.4. The van der Waals surface area contributed by atoms with Crippen molar-refractivity contribution in [1.82, 2.24) is 44.1 Å². The number of rotatable bonds is 2. The fraction of sp³-hybridized carbons (Fsp3) is 0.136. The molecule has 0 fully saturated rings. The van der Waals surface area contributed by atoms with Crippen LogP contribution in [0.15, 0.2) is 238 Å². The topological polar surface area (TPSA) is 126 Å². The van der Waals surface area contributed by atoms with Crippen LogP contribution >= 0.6 is 56.7 Å². The highest BCUT2D eigenvalue weighted by Gasteiger charge is 2.08. The zero-order chi connectivity index (χ0) is 57.9. The average molecular weight is 1180 g/mol. The Balaban J connectivity index is 0.000000136. The molecule has 16 heteroatoms. The van der Waals surface area contributed by atoms with Crippen LogP contribution in [0.4, 0.5) is 0 Å². The summed E-state index contributed by atoms with van der Waals surface area (Å²) in [5, 5.41) is 16.0. The van der Waals surface area contributed by atoms with Crippen LogP contribution in [0.5, 0.6) is 0 Å². The smallest absolute Gasteiger partial charge is 0.192 e. The summed E-state index contributed by atoms with van der Waals surface area (Å²) >= 11 is 8.59. The van der Waals surface area contributed by atoms with Crippen molar-refractivity contribution in [3.63, 3.8) is 0 Å². The number of aromatic nitrogens is 9. The Hall–Kier alpha value is -8.51. The Labute approximate surface area is 499 Å². The summed E-state index contributed by atoms with van der Waals surface area (Å²) in [7, 11) is 0. The van der Waals surface area contributed by atoms with Gasteiger partial charge in [-0.3, -0.25) is 4.98 Å². The molecule has 11 nitrogen and oxygen atoms in total. The van der Waals surface area contributed by atoms with Gasteiger partial charge in [-0.15, -0.1) is 66.9 Å². The minimum absolute atomic E-state index is 0.718. The highest BCUT2D eigenvalue weighted by Crippen LogP contribution is 2.27. The van der Waals surface area contributed by atoms with Crippen LogP contribution in [0.25, 0.3) is 54.0 Å². The highest BCUT2D eigenvalue weighted by molar-refractivity contribution is 7.19. The number of hydrogen-bond acceptors (Lipinski definition) is 14. The van der Waals surface area contributed by atoms with E-state index >= 15 is 0 Å². The summed E-state index contributed by atoms with van der Waals surface area (Å²) in [4.78, 5) is 23.1. The second-order valence-corrected chi connectivity index (χ2v) is 23.7. The van der Waals surface area contributed by atoms with E-state index in [1.165, 1.54) is 52.7 Å². The van der Waals surface area contributed by atoms with Gasteiger partial charge in [0, 0.05) is 69.9 Å². The molecule has 0 unspecified atom stereocenters. The summed E-state index contributed by atoms with van der Waals surface area (Å²) in [5.41, 5.74) is 11.8. The molecule has 0 aliphatic carbocycles. The Morgan fingerprint density at radius 3 is 1.77 bits per heavy atom. The molecule has 0 radical (unpaired) electrons. The van der Waals surface area contributed by atoms with E-state index in [0.29, 0.717) is 0 Å². The number of benzene rings is 5. The quantitative estimate of drug-likeness (QED) is 0.166. The van der Waals surface area contributed by atoms with Crippen molar-refractivity contribution < 1.29 is 8.83 Å². The van der Waals surface area contributed by atoms with Crippen molar-refractivity contribution in [2.75, 3.05) is 0 Å². The van der Waals surface area contributed by atoms with Gasteiger partial charge in [-0.05, 0) is 149 Å². The third kappa shape index (κ3) is 20.2. The molecule has 0 atom stereocenters. The van der Waals surface area contributed by atoms with Crippen LogP contribution in [0.2, 0.25) is 0 Å². The molecule has 416 valence electrons. The molecule has 82 heavy (non-hydrogen) atoms. The molecule has 0 spiro atoms. The Morgan fingerprint density at radius 2 is 1.21 bits per heavy atom. The lowest BCUT2D eigenvalue weighted by Gasteiger charge is -2.11. The monoisotopic (exact) mass is 1180 g/mol. The van der Waals surface area contributed by atoms with Gasteiger partial charge in [0.25, 0.3) is 0 Å². The first-order chi connectivity index (χ1) is 39.9. The van der Waals surface area contributed by atoms with Crippen molar-refractivity contribution in [1.29, 1.82) is 0 Å². The summed E-state index contributed by atoms with van der Waals surface area (Å²) < 4.78 is 16.9. The van der Waals surface area contributed by atoms with Crippen molar-refractivity contribution in [3.8, 4) is 16.9 Å². The molecular formula is C66H65N9O2S5. The average Bonchev–Trinajstić information content (AvgIpc) is 4.37. The zero-order valence-corrected chi connectivity index (χ0v) is 51.4.